The van der Waals surface area contributed by atoms with Gasteiger partial charge in [-0.05, 0) is 62.0 Å². The van der Waals surface area contributed by atoms with Gasteiger partial charge in [0.15, 0.2) is 0 Å². The lowest BCUT2D eigenvalue weighted by molar-refractivity contribution is 0.0136. The van der Waals surface area contributed by atoms with E-state index in [2.05, 4.69) is 15.2 Å². The lowest BCUT2D eigenvalue weighted by Crippen LogP contribution is -2.64. The van der Waals surface area contributed by atoms with Gasteiger partial charge in [0.05, 0.1) is 0 Å². The van der Waals surface area contributed by atoms with Crippen LogP contribution in [0.3, 0.4) is 0 Å². The highest BCUT2D eigenvalue weighted by atomic mass is 19.1. The Morgan fingerprint density at radius 3 is 2.58 bits per heavy atom. The van der Waals surface area contributed by atoms with E-state index in [1.807, 2.05) is 18.3 Å². The second-order valence-electron chi connectivity index (χ2n) is 7.16. The highest BCUT2D eigenvalue weighted by Crippen LogP contribution is 2.34. The number of aromatic nitrogens is 1. The summed E-state index contributed by atoms with van der Waals surface area (Å²) in [4.78, 5) is 19.2. The number of halogens is 2. The average molecular weight is 357 g/mol. The van der Waals surface area contributed by atoms with Crippen LogP contribution in [-0.2, 0) is 6.42 Å². The zero-order chi connectivity index (χ0) is 18.1. The molecule has 1 aromatic carbocycles. The van der Waals surface area contributed by atoms with E-state index in [-0.39, 0.29) is 17.6 Å². The van der Waals surface area contributed by atoms with E-state index < -0.39 is 17.5 Å². The number of piperidine rings is 3. The van der Waals surface area contributed by atoms with Crippen molar-refractivity contribution in [2.45, 2.75) is 31.3 Å². The normalized spacial score (nSPS) is 27.3. The summed E-state index contributed by atoms with van der Waals surface area (Å²) in [6.07, 6.45) is 6.46. The first-order chi connectivity index (χ1) is 12.6. The largest absolute Gasteiger partial charge is 0.347 e. The van der Waals surface area contributed by atoms with Crippen molar-refractivity contribution in [3.05, 3.63) is 65.5 Å². The number of hydrogen-bond donors (Lipinski definition) is 1. The molecule has 0 spiro atoms. The van der Waals surface area contributed by atoms with E-state index >= 15 is 0 Å². The van der Waals surface area contributed by atoms with Crippen LogP contribution in [0.5, 0.6) is 0 Å². The van der Waals surface area contributed by atoms with E-state index in [9.17, 15) is 13.6 Å². The van der Waals surface area contributed by atoms with E-state index in [1.54, 1.807) is 6.20 Å². The zero-order valence-electron chi connectivity index (χ0n) is 14.4. The number of nitrogens with one attached hydrogen (secondary N) is 1. The van der Waals surface area contributed by atoms with Crippen LogP contribution in [-0.4, -0.2) is 41.0 Å². The van der Waals surface area contributed by atoms with Gasteiger partial charge in [0.2, 0.25) is 0 Å². The lowest BCUT2D eigenvalue weighted by Gasteiger charge is -2.51. The highest BCUT2D eigenvalue weighted by molar-refractivity contribution is 5.94. The molecular weight excluding hydrogens is 336 g/mol. The molecule has 3 saturated heterocycles. The maximum Gasteiger partial charge on any atom is 0.251 e. The Balaban J connectivity index is 1.55. The van der Waals surface area contributed by atoms with Crippen molar-refractivity contribution in [3.8, 4) is 0 Å². The van der Waals surface area contributed by atoms with Crippen LogP contribution >= 0.6 is 0 Å². The summed E-state index contributed by atoms with van der Waals surface area (Å²) in [6, 6.07) is 7.03. The third-order valence-corrected chi connectivity index (χ3v) is 5.56. The molecule has 3 aliphatic rings. The first-order valence-electron chi connectivity index (χ1n) is 9.00. The summed E-state index contributed by atoms with van der Waals surface area (Å²) < 4.78 is 26.9. The number of carbonyl (C=O) groups is 1. The minimum atomic E-state index is -0.740. The Morgan fingerprint density at radius 1 is 1.19 bits per heavy atom. The highest BCUT2D eigenvalue weighted by Gasteiger charge is 2.42. The fourth-order valence-electron chi connectivity index (χ4n) is 4.30. The Morgan fingerprint density at radius 2 is 1.92 bits per heavy atom. The molecule has 3 fully saturated rings. The summed E-state index contributed by atoms with van der Waals surface area (Å²) in [5.74, 6) is -1.51. The molecule has 4 nitrogen and oxygen atoms in total. The Bertz CT molecular complexity index is 771. The molecule has 0 radical (unpaired) electrons. The number of rotatable bonds is 4. The number of fused-ring (bicyclic) bond motifs is 3. The summed E-state index contributed by atoms with van der Waals surface area (Å²) >= 11 is 0. The van der Waals surface area contributed by atoms with E-state index in [0.717, 1.165) is 56.1 Å². The molecule has 3 aliphatic heterocycles. The fraction of sp³-hybridized carbons (Fsp3) is 0.400. The van der Waals surface area contributed by atoms with Crippen LogP contribution in [0.4, 0.5) is 8.78 Å². The second kappa shape index (κ2) is 7.11. The van der Waals surface area contributed by atoms with E-state index in [1.165, 1.54) is 0 Å². The van der Waals surface area contributed by atoms with Gasteiger partial charge in [-0.1, -0.05) is 6.07 Å². The minimum Gasteiger partial charge on any atom is -0.347 e. The number of carbonyl (C=O) groups excluding carboxylic acids is 1. The fourth-order valence-corrected chi connectivity index (χ4v) is 4.30. The number of nitrogens with zero attached hydrogens (tertiary/aromatic N) is 2. The van der Waals surface area contributed by atoms with Gasteiger partial charge in [0.25, 0.3) is 5.91 Å². The quantitative estimate of drug-likeness (QED) is 0.915. The molecule has 2 atom stereocenters. The van der Waals surface area contributed by atoms with Gasteiger partial charge >= 0.3 is 0 Å². The van der Waals surface area contributed by atoms with Gasteiger partial charge in [-0.3, -0.25) is 14.7 Å². The van der Waals surface area contributed by atoms with Crippen molar-refractivity contribution in [2.24, 2.45) is 5.92 Å². The predicted molar refractivity (Wildman–Crippen MR) is 93.6 cm³/mol. The molecule has 4 heterocycles. The number of amides is 1. The summed E-state index contributed by atoms with van der Waals surface area (Å²) in [5.41, 5.74) is 1.15. The van der Waals surface area contributed by atoms with Gasteiger partial charge < -0.3 is 5.32 Å². The molecule has 0 unspecified atom stereocenters. The molecular formula is C20H21F2N3O. The molecule has 2 aromatic rings. The predicted octanol–water partition coefficient (Wildman–Crippen LogP) is 2.80. The van der Waals surface area contributed by atoms with Crippen LogP contribution in [0, 0.1) is 17.6 Å². The van der Waals surface area contributed by atoms with Gasteiger partial charge in [0.1, 0.15) is 11.6 Å². The molecule has 1 amide bonds. The van der Waals surface area contributed by atoms with Gasteiger partial charge in [-0.25, -0.2) is 8.78 Å². The second-order valence-corrected chi connectivity index (χ2v) is 7.16. The third kappa shape index (κ3) is 3.46. The number of hydrogen-bond acceptors (Lipinski definition) is 3. The van der Waals surface area contributed by atoms with Crippen LogP contribution in [0.25, 0.3) is 0 Å². The molecule has 26 heavy (non-hydrogen) atoms. The Hall–Kier alpha value is -2.34. The number of benzene rings is 1. The molecule has 6 heteroatoms. The third-order valence-electron chi connectivity index (χ3n) is 5.56. The van der Waals surface area contributed by atoms with E-state index in [4.69, 9.17) is 0 Å². The molecule has 5 rings (SSSR count). The molecule has 136 valence electrons. The Labute approximate surface area is 151 Å². The smallest absolute Gasteiger partial charge is 0.251 e. The topological polar surface area (TPSA) is 45.2 Å². The average Bonchev–Trinajstić information content (AvgIpc) is 2.64. The number of pyridine rings is 1. The Kier molecular flexibility index (Phi) is 4.68. The van der Waals surface area contributed by atoms with E-state index in [0.29, 0.717) is 5.92 Å². The van der Waals surface area contributed by atoms with Gasteiger partial charge in [0, 0.05) is 36.1 Å². The lowest BCUT2D eigenvalue weighted by atomic mass is 9.76. The summed E-state index contributed by atoms with van der Waals surface area (Å²) in [5, 5.41) is 3.06. The van der Waals surface area contributed by atoms with Crippen molar-refractivity contribution < 1.29 is 13.6 Å². The molecule has 2 bridgehead atoms. The molecule has 1 aromatic heterocycles. The van der Waals surface area contributed by atoms with Crippen LogP contribution in [0.2, 0.25) is 0 Å². The monoisotopic (exact) mass is 357 g/mol. The van der Waals surface area contributed by atoms with Crippen LogP contribution < -0.4 is 5.32 Å². The zero-order valence-corrected chi connectivity index (χ0v) is 14.4. The minimum absolute atomic E-state index is 0.0269. The molecule has 1 N–H and O–H groups in total. The van der Waals surface area contributed by atoms with Crippen molar-refractivity contribution >= 4 is 5.91 Å². The maximum absolute atomic E-state index is 13.4. The van der Waals surface area contributed by atoms with Gasteiger partial charge in [-0.2, -0.15) is 0 Å². The van der Waals surface area contributed by atoms with Crippen LogP contribution in [0.1, 0.15) is 28.8 Å². The standard InChI is InChI=1S/C20H21F2N3O/c21-16-9-15(10-17(22)11-16)20(26)24-19-14-3-6-25(7-4-14)18(19)8-13-2-1-5-23-12-13/h1-2,5,9-12,14,18-19H,3-4,6-8H2,(H,24,26)/t18-,19-/m1/s1. The summed E-state index contributed by atoms with van der Waals surface area (Å²) in [7, 11) is 0. The van der Waals surface area contributed by atoms with Crippen LogP contribution in [0.15, 0.2) is 42.7 Å². The van der Waals surface area contributed by atoms with Crippen molar-refractivity contribution in [2.75, 3.05) is 13.1 Å². The van der Waals surface area contributed by atoms with Crippen molar-refractivity contribution in [1.82, 2.24) is 15.2 Å². The van der Waals surface area contributed by atoms with Gasteiger partial charge in [-0.15, -0.1) is 0 Å². The first-order valence-corrected chi connectivity index (χ1v) is 9.00. The maximum atomic E-state index is 13.4. The molecule has 0 aliphatic carbocycles. The SMILES string of the molecule is O=C(N[C@@H]1C2CCN(CC2)[C@@H]1Cc1cccnc1)c1cc(F)cc(F)c1. The molecule has 0 saturated carbocycles. The summed E-state index contributed by atoms with van der Waals surface area (Å²) in [6.45, 7) is 2.05. The first kappa shape index (κ1) is 17.1. The van der Waals surface area contributed by atoms with Crippen molar-refractivity contribution in [1.29, 1.82) is 0 Å². The van der Waals surface area contributed by atoms with Crippen molar-refractivity contribution in [3.63, 3.8) is 0 Å².